The van der Waals surface area contributed by atoms with E-state index < -0.39 is 0 Å². The standard InChI is InChI=1S/C40H30/c1-26-14-19-30(20-15-26)40(31-21-16-27(2)17-22-31)38-13-6-5-10-35(38)36-23-18-29(25-39(36)40)33-11-7-12-34-32-9-4-3-8-28(32)24-37(33)34/h3-23,25H,24H2,1-2H3. The van der Waals surface area contributed by atoms with E-state index in [1.54, 1.807) is 0 Å². The van der Waals surface area contributed by atoms with E-state index in [1.807, 2.05) is 0 Å². The van der Waals surface area contributed by atoms with Crippen LogP contribution in [0, 0.1) is 13.8 Å². The first-order chi connectivity index (χ1) is 19.6. The van der Waals surface area contributed by atoms with Crippen molar-refractivity contribution in [2.75, 3.05) is 0 Å². The van der Waals surface area contributed by atoms with Crippen molar-refractivity contribution >= 4 is 0 Å². The quantitative estimate of drug-likeness (QED) is 0.222. The van der Waals surface area contributed by atoms with E-state index >= 15 is 0 Å². The van der Waals surface area contributed by atoms with E-state index in [-0.39, 0.29) is 5.41 Å². The van der Waals surface area contributed by atoms with E-state index in [1.165, 1.54) is 77.9 Å². The fourth-order valence-corrected chi connectivity index (χ4v) is 7.27. The molecule has 0 saturated heterocycles. The summed E-state index contributed by atoms with van der Waals surface area (Å²) in [7, 11) is 0. The molecule has 2 aliphatic carbocycles. The molecule has 0 aliphatic heterocycles. The van der Waals surface area contributed by atoms with Gasteiger partial charge in [-0.1, -0.05) is 139 Å². The Bertz CT molecular complexity index is 1870. The van der Waals surface area contributed by atoms with Crippen molar-refractivity contribution < 1.29 is 0 Å². The zero-order valence-corrected chi connectivity index (χ0v) is 22.9. The summed E-state index contributed by atoms with van der Waals surface area (Å²) >= 11 is 0. The molecule has 0 bridgehead atoms. The second kappa shape index (κ2) is 8.66. The number of aryl methyl sites for hydroxylation is 2. The van der Waals surface area contributed by atoms with Crippen LogP contribution >= 0.6 is 0 Å². The zero-order chi connectivity index (χ0) is 26.8. The minimum atomic E-state index is -0.385. The molecule has 0 nitrogen and oxygen atoms in total. The first-order valence-corrected chi connectivity index (χ1v) is 14.2. The van der Waals surface area contributed by atoms with Crippen LogP contribution in [0.15, 0.2) is 133 Å². The van der Waals surface area contributed by atoms with Gasteiger partial charge in [-0.3, -0.25) is 0 Å². The van der Waals surface area contributed by atoms with Crippen molar-refractivity contribution in [1.82, 2.24) is 0 Å². The lowest BCUT2D eigenvalue weighted by atomic mass is 9.67. The normalized spacial score (nSPS) is 13.8. The van der Waals surface area contributed by atoms with E-state index in [0.717, 1.165) is 6.42 Å². The summed E-state index contributed by atoms with van der Waals surface area (Å²) in [5.41, 5.74) is 18.4. The van der Waals surface area contributed by atoms with Gasteiger partial charge in [0, 0.05) is 0 Å². The molecule has 40 heavy (non-hydrogen) atoms. The molecule has 0 spiro atoms. The largest absolute Gasteiger partial charge is 0.0713 e. The molecular formula is C40H30. The molecule has 0 heteroatoms. The number of fused-ring (bicyclic) bond motifs is 6. The number of benzene rings is 6. The SMILES string of the molecule is Cc1ccc(C2(c3ccc(C)cc3)c3ccccc3-c3ccc(-c4cccc5c4Cc4ccccc4-5)cc32)cc1. The fraction of sp³-hybridized carbons (Fsp3) is 0.100. The number of rotatable bonds is 3. The Balaban J connectivity index is 1.42. The van der Waals surface area contributed by atoms with Crippen molar-refractivity contribution in [1.29, 1.82) is 0 Å². The molecule has 0 saturated carbocycles. The lowest BCUT2D eigenvalue weighted by Gasteiger charge is -2.34. The molecule has 0 fully saturated rings. The molecule has 0 atom stereocenters. The predicted molar refractivity (Wildman–Crippen MR) is 167 cm³/mol. The Morgan fingerprint density at radius 2 is 1.02 bits per heavy atom. The first kappa shape index (κ1) is 23.2. The Morgan fingerprint density at radius 3 is 1.75 bits per heavy atom. The van der Waals surface area contributed by atoms with Crippen LogP contribution in [0.5, 0.6) is 0 Å². The summed E-state index contributed by atoms with van der Waals surface area (Å²) in [6.07, 6.45) is 0.986. The van der Waals surface area contributed by atoms with Gasteiger partial charge in [0.1, 0.15) is 0 Å². The van der Waals surface area contributed by atoms with E-state index in [4.69, 9.17) is 0 Å². The van der Waals surface area contributed by atoms with Gasteiger partial charge in [0.25, 0.3) is 0 Å². The van der Waals surface area contributed by atoms with Gasteiger partial charge < -0.3 is 0 Å². The highest BCUT2D eigenvalue weighted by molar-refractivity contribution is 5.90. The Labute approximate surface area is 236 Å². The highest BCUT2D eigenvalue weighted by Crippen LogP contribution is 2.57. The topological polar surface area (TPSA) is 0 Å². The van der Waals surface area contributed by atoms with Crippen LogP contribution in [-0.2, 0) is 11.8 Å². The van der Waals surface area contributed by atoms with Crippen LogP contribution in [0.1, 0.15) is 44.5 Å². The molecular weight excluding hydrogens is 480 g/mol. The number of hydrogen-bond acceptors (Lipinski definition) is 0. The first-order valence-electron chi connectivity index (χ1n) is 14.2. The van der Waals surface area contributed by atoms with Gasteiger partial charge in [-0.05, 0) is 93.1 Å². The summed E-state index contributed by atoms with van der Waals surface area (Å²) in [5, 5.41) is 0. The maximum absolute atomic E-state index is 2.49. The van der Waals surface area contributed by atoms with Crippen LogP contribution in [0.25, 0.3) is 33.4 Å². The highest BCUT2D eigenvalue weighted by Gasteiger charge is 2.46. The lowest BCUT2D eigenvalue weighted by molar-refractivity contribution is 0.768. The van der Waals surface area contributed by atoms with Gasteiger partial charge in [-0.2, -0.15) is 0 Å². The summed E-state index contributed by atoms with van der Waals surface area (Å²) in [5.74, 6) is 0. The molecule has 6 aromatic carbocycles. The Kier molecular flexibility index (Phi) is 5.03. The summed E-state index contributed by atoms with van der Waals surface area (Å²) < 4.78 is 0. The fourth-order valence-electron chi connectivity index (χ4n) is 7.27. The minimum absolute atomic E-state index is 0.385. The summed E-state index contributed by atoms with van der Waals surface area (Å²) in [6.45, 7) is 4.34. The third kappa shape index (κ3) is 3.20. The number of hydrogen-bond donors (Lipinski definition) is 0. The maximum Gasteiger partial charge on any atom is 0.0713 e. The second-order valence-electron chi connectivity index (χ2n) is 11.5. The van der Waals surface area contributed by atoms with E-state index in [9.17, 15) is 0 Å². The third-order valence-corrected chi connectivity index (χ3v) is 9.18. The van der Waals surface area contributed by atoms with Crippen LogP contribution in [0.2, 0.25) is 0 Å². The molecule has 0 amide bonds. The van der Waals surface area contributed by atoms with Gasteiger partial charge in [0.15, 0.2) is 0 Å². The highest BCUT2D eigenvalue weighted by atomic mass is 14.5. The monoisotopic (exact) mass is 510 g/mol. The molecule has 0 aromatic heterocycles. The predicted octanol–water partition coefficient (Wildman–Crippen LogP) is 9.90. The molecule has 6 aromatic rings. The van der Waals surface area contributed by atoms with Crippen LogP contribution in [-0.4, -0.2) is 0 Å². The van der Waals surface area contributed by atoms with Gasteiger partial charge >= 0.3 is 0 Å². The van der Waals surface area contributed by atoms with Crippen LogP contribution in [0.4, 0.5) is 0 Å². The zero-order valence-electron chi connectivity index (χ0n) is 22.9. The van der Waals surface area contributed by atoms with Gasteiger partial charge in [0.2, 0.25) is 0 Å². The maximum atomic E-state index is 2.49. The second-order valence-corrected chi connectivity index (χ2v) is 11.5. The smallest absolute Gasteiger partial charge is 0.0619 e. The van der Waals surface area contributed by atoms with Gasteiger partial charge in [-0.15, -0.1) is 0 Å². The van der Waals surface area contributed by atoms with Crippen molar-refractivity contribution in [3.8, 4) is 33.4 Å². The van der Waals surface area contributed by atoms with Crippen LogP contribution in [0.3, 0.4) is 0 Å². The Morgan fingerprint density at radius 1 is 0.450 bits per heavy atom. The van der Waals surface area contributed by atoms with Gasteiger partial charge in [-0.25, -0.2) is 0 Å². The average Bonchev–Trinajstić information content (AvgIpc) is 3.52. The molecule has 0 N–H and O–H groups in total. The molecule has 2 aliphatic rings. The lowest BCUT2D eigenvalue weighted by Crippen LogP contribution is -2.28. The van der Waals surface area contributed by atoms with Crippen molar-refractivity contribution in [2.45, 2.75) is 25.7 Å². The molecule has 0 radical (unpaired) electrons. The van der Waals surface area contributed by atoms with Crippen molar-refractivity contribution in [2.24, 2.45) is 0 Å². The molecule has 0 heterocycles. The van der Waals surface area contributed by atoms with Crippen molar-refractivity contribution in [3.05, 3.63) is 178 Å². The molecule has 190 valence electrons. The molecule has 0 unspecified atom stereocenters. The summed E-state index contributed by atoms with van der Waals surface area (Å²) in [6, 6.07) is 50.3. The summed E-state index contributed by atoms with van der Waals surface area (Å²) in [4.78, 5) is 0. The van der Waals surface area contributed by atoms with Crippen LogP contribution < -0.4 is 0 Å². The average molecular weight is 511 g/mol. The van der Waals surface area contributed by atoms with E-state index in [0.29, 0.717) is 0 Å². The molecule has 8 rings (SSSR count). The Hall–Kier alpha value is -4.68. The van der Waals surface area contributed by atoms with Gasteiger partial charge in [0.05, 0.1) is 5.41 Å². The minimum Gasteiger partial charge on any atom is -0.0619 e. The van der Waals surface area contributed by atoms with Crippen molar-refractivity contribution in [3.63, 3.8) is 0 Å². The third-order valence-electron chi connectivity index (χ3n) is 9.18. The van der Waals surface area contributed by atoms with E-state index in [2.05, 4.69) is 147 Å².